The Morgan fingerprint density at radius 3 is 2.56 bits per heavy atom. The number of aliphatic hydroxyl groups is 1. The number of aliphatic hydroxyl groups excluding tert-OH is 1. The van der Waals surface area contributed by atoms with Crippen molar-refractivity contribution in [3.05, 3.63) is 59.2 Å². The molecule has 0 heterocycles. The molecule has 0 bridgehead atoms. The van der Waals surface area contributed by atoms with E-state index in [0.29, 0.717) is 5.41 Å². The predicted molar refractivity (Wildman–Crippen MR) is 139 cm³/mol. The van der Waals surface area contributed by atoms with Gasteiger partial charge in [-0.25, -0.2) is 0 Å². The van der Waals surface area contributed by atoms with Crippen molar-refractivity contribution in [3.63, 3.8) is 0 Å². The van der Waals surface area contributed by atoms with Gasteiger partial charge in [-0.05, 0) is 99.4 Å². The van der Waals surface area contributed by atoms with Gasteiger partial charge in [-0.15, -0.1) is 0 Å². The monoisotopic (exact) mass is 436 g/mol. The number of rotatable bonds is 6. The second-order valence-corrected chi connectivity index (χ2v) is 10.8. The van der Waals surface area contributed by atoms with Crippen LogP contribution >= 0.6 is 0 Å². The molecule has 1 N–H and O–H groups in total. The van der Waals surface area contributed by atoms with Crippen LogP contribution in [0.4, 0.5) is 0 Å². The lowest BCUT2D eigenvalue weighted by Crippen LogP contribution is -2.36. The summed E-state index contributed by atoms with van der Waals surface area (Å²) in [6.45, 7) is 9.15. The smallest absolute Gasteiger partial charge is 0.0577 e. The van der Waals surface area contributed by atoms with Crippen LogP contribution < -0.4 is 0 Å². The highest BCUT2D eigenvalue weighted by Gasteiger charge is 2.50. The van der Waals surface area contributed by atoms with Gasteiger partial charge in [0.25, 0.3) is 0 Å². The quantitative estimate of drug-likeness (QED) is 0.473. The molecule has 3 saturated carbocycles. The molecule has 4 unspecified atom stereocenters. The normalized spacial score (nSPS) is 33.5. The van der Waals surface area contributed by atoms with E-state index < -0.39 is 0 Å². The summed E-state index contributed by atoms with van der Waals surface area (Å²) in [7, 11) is 0. The molecular weight excluding hydrogens is 388 g/mol. The van der Waals surface area contributed by atoms with Gasteiger partial charge in [-0.2, -0.15) is 0 Å². The Morgan fingerprint density at radius 1 is 1.03 bits per heavy atom. The number of benzene rings is 1. The molecule has 178 valence electrons. The zero-order chi connectivity index (χ0) is 23.0. The van der Waals surface area contributed by atoms with Gasteiger partial charge in [0.15, 0.2) is 0 Å². The van der Waals surface area contributed by atoms with Crippen molar-refractivity contribution in [1.82, 2.24) is 0 Å². The molecule has 3 fully saturated rings. The Kier molecular flexibility index (Phi) is 9.65. The van der Waals surface area contributed by atoms with Gasteiger partial charge >= 0.3 is 0 Å². The van der Waals surface area contributed by atoms with Crippen molar-refractivity contribution in [1.29, 1.82) is 0 Å². The molecule has 0 radical (unpaired) electrons. The van der Waals surface area contributed by atoms with Crippen LogP contribution in [0, 0.1) is 23.2 Å². The molecule has 1 heteroatoms. The van der Waals surface area contributed by atoms with Crippen LogP contribution in [0.1, 0.15) is 104 Å². The van der Waals surface area contributed by atoms with E-state index in [4.69, 9.17) is 0 Å². The summed E-state index contributed by atoms with van der Waals surface area (Å²) in [6, 6.07) is 11.0. The Balaban J connectivity index is 0.00000141. The van der Waals surface area contributed by atoms with E-state index in [1.807, 2.05) is 13.8 Å². The number of aryl methyl sites for hydroxylation is 1. The minimum absolute atomic E-state index is 0.104. The van der Waals surface area contributed by atoms with Gasteiger partial charge in [-0.3, -0.25) is 0 Å². The number of hydrogen-bond donors (Lipinski definition) is 1. The number of hydrogen-bond acceptors (Lipinski definition) is 1. The summed E-state index contributed by atoms with van der Waals surface area (Å²) in [4.78, 5) is 0. The fourth-order valence-electron chi connectivity index (χ4n) is 7.14. The second-order valence-electron chi connectivity index (χ2n) is 10.8. The molecule has 1 nitrogen and oxygen atoms in total. The van der Waals surface area contributed by atoms with Gasteiger partial charge in [0.2, 0.25) is 0 Å². The van der Waals surface area contributed by atoms with Crippen molar-refractivity contribution in [3.8, 4) is 0 Å². The van der Waals surface area contributed by atoms with Crippen molar-refractivity contribution in [2.24, 2.45) is 23.2 Å². The second kappa shape index (κ2) is 12.2. The van der Waals surface area contributed by atoms with E-state index in [2.05, 4.69) is 56.3 Å². The maximum absolute atomic E-state index is 9.99. The average Bonchev–Trinajstić information content (AvgIpc) is 3.17. The fourth-order valence-corrected chi connectivity index (χ4v) is 7.14. The van der Waals surface area contributed by atoms with E-state index >= 15 is 0 Å². The first-order valence-electron chi connectivity index (χ1n) is 13.7. The first-order chi connectivity index (χ1) is 15.6. The zero-order valence-corrected chi connectivity index (χ0v) is 21.3. The van der Waals surface area contributed by atoms with Crippen LogP contribution in [0.25, 0.3) is 0 Å². The number of allylic oxidation sites excluding steroid dienone is 3. The van der Waals surface area contributed by atoms with Gasteiger partial charge in [0, 0.05) is 0 Å². The molecule has 1 aromatic carbocycles. The molecule has 0 aliphatic heterocycles. The molecule has 0 spiro atoms. The van der Waals surface area contributed by atoms with Crippen LogP contribution in [0.2, 0.25) is 0 Å². The molecule has 3 aliphatic carbocycles. The van der Waals surface area contributed by atoms with Gasteiger partial charge in [0.1, 0.15) is 0 Å². The van der Waals surface area contributed by atoms with Crippen molar-refractivity contribution >= 4 is 0 Å². The standard InChI is InChI=1S/C29H42O.C2H6/c1-22(9-6-12-23-10-4-3-5-11-23)27-18-19-28-25(14-8-20-29(27,28)2)17-16-24-13-7-15-26(30)21-24;1-2/h3-5,10-11,16-17,22,26-28,30H,6-9,12-15,18-21H2,1-2H3;1-2H3/b24-16-,25-17+;/t22-,26?,27?,28?,29?;/m1./s1. The lowest BCUT2D eigenvalue weighted by Gasteiger charge is -2.44. The zero-order valence-electron chi connectivity index (χ0n) is 21.3. The van der Waals surface area contributed by atoms with E-state index in [0.717, 1.165) is 37.0 Å². The third kappa shape index (κ3) is 6.16. The Labute approximate surface area is 198 Å². The molecule has 0 amide bonds. The summed E-state index contributed by atoms with van der Waals surface area (Å²) >= 11 is 0. The summed E-state index contributed by atoms with van der Waals surface area (Å²) in [5.41, 5.74) is 5.18. The first-order valence-corrected chi connectivity index (χ1v) is 13.7. The third-order valence-electron chi connectivity index (χ3n) is 8.76. The molecule has 4 rings (SSSR count). The Bertz CT molecular complexity index is 745. The lowest BCUT2D eigenvalue weighted by molar-refractivity contribution is 0.0935. The summed E-state index contributed by atoms with van der Waals surface area (Å²) in [5.74, 6) is 2.50. The van der Waals surface area contributed by atoms with E-state index in [1.54, 1.807) is 5.57 Å². The Hall–Kier alpha value is -1.34. The van der Waals surface area contributed by atoms with Crippen LogP contribution in [0.5, 0.6) is 0 Å². The average molecular weight is 437 g/mol. The van der Waals surface area contributed by atoms with Crippen molar-refractivity contribution in [2.75, 3.05) is 0 Å². The molecule has 5 atom stereocenters. The highest BCUT2D eigenvalue weighted by Crippen LogP contribution is 2.59. The molecule has 0 saturated heterocycles. The molecule has 32 heavy (non-hydrogen) atoms. The highest BCUT2D eigenvalue weighted by atomic mass is 16.3. The van der Waals surface area contributed by atoms with E-state index in [9.17, 15) is 5.11 Å². The minimum atomic E-state index is -0.104. The lowest BCUT2D eigenvalue weighted by atomic mass is 9.60. The fraction of sp³-hybridized carbons (Fsp3) is 0.677. The van der Waals surface area contributed by atoms with E-state index in [1.165, 1.54) is 68.9 Å². The third-order valence-corrected chi connectivity index (χ3v) is 8.76. The minimum Gasteiger partial charge on any atom is -0.393 e. The maximum atomic E-state index is 9.99. The largest absolute Gasteiger partial charge is 0.393 e. The van der Waals surface area contributed by atoms with Gasteiger partial charge in [0.05, 0.1) is 6.10 Å². The van der Waals surface area contributed by atoms with Crippen molar-refractivity contribution < 1.29 is 5.11 Å². The number of fused-ring (bicyclic) bond motifs is 1. The summed E-state index contributed by atoms with van der Waals surface area (Å²) in [6.07, 6.45) is 19.8. The molecule has 3 aliphatic rings. The molecule has 1 aromatic rings. The summed E-state index contributed by atoms with van der Waals surface area (Å²) in [5, 5.41) is 9.99. The SMILES string of the molecule is CC.C[C@H](CCCc1ccccc1)C1CCC2/C(=C/C=C3/CCCC(O)C3)CCCC21C. The van der Waals surface area contributed by atoms with Crippen LogP contribution in [-0.2, 0) is 6.42 Å². The van der Waals surface area contributed by atoms with Crippen molar-refractivity contribution in [2.45, 2.75) is 111 Å². The highest BCUT2D eigenvalue weighted by molar-refractivity contribution is 5.26. The predicted octanol–water partition coefficient (Wildman–Crippen LogP) is 8.68. The maximum Gasteiger partial charge on any atom is 0.0577 e. The molecular formula is C31H48O. The van der Waals surface area contributed by atoms with Gasteiger partial charge in [-0.1, -0.05) is 87.7 Å². The van der Waals surface area contributed by atoms with Crippen LogP contribution in [-0.4, -0.2) is 11.2 Å². The Morgan fingerprint density at radius 2 is 1.81 bits per heavy atom. The van der Waals surface area contributed by atoms with E-state index in [-0.39, 0.29) is 6.10 Å². The van der Waals surface area contributed by atoms with Crippen LogP contribution in [0.3, 0.4) is 0 Å². The molecule has 0 aromatic heterocycles. The van der Waals surface area contributed by atoms with Gasteiger partial charge < -0.3 is 5.11 Å². The first kappa shape index (κ1) is 25.3. The van der Waals surface area contributed by atoms with Crippen LogP contribution in [0.15, 0.2) is 53.6 Å². The summed E-state index contributed by atoms with van der Waals surface area (Å²) < 4.78 is 0. The topological polar surface area (TPSA) is 20.2 Å².